The highest BCUT2D eigenvalue weighted by Gasteiger charge is 1.77. The quantitative estimate of drug-likeness (QED) is 0.361. The van der Waals surface area contributed by atoms with Crippen molar-refractivity contribution >= 4 is 8.41 Å². The van der Waals surface area contributed by atoms with Crippen LogP contribution < -0.4 is 0 Å². The normalized spacial score (nSPS) is 6.90. The first-order valence-electron chi connectivity index (χ1n) is 2.91. The molecule has 0 aliphatic heterocycles. The maximum absolute atomic E-state index is 2.96. The van der Waals surface area contributed by atoms with E-state index in [0.717, 1.165) is 5.56 Å². The van der Waals surface area contributed by atoms with Crippen molar-refractivity contribution < 1.29 is 0 Å². The zero-order valence-electron chi connectivity index (χ0n) is 5.39. The molecule has 1 heteroatoms. The van der Waals surface area contributed by atoms with E-state index in [1.165, 1.54) is 0 Å². The second kappa shape index (κ2) is 4.70. The molecule has 0 aliphatic rings. The van der Waals surface area contributed by atoms with E-state index in [-0.39, 0.29) is 8.41 Å². The largest absolute Gasteiger partial charge is 0.101 e. The van der Waals surface area contributed by atoms with Gasteiger partial charge in [-0.3, -0.25) is 0 Å². The second-order valence-electron chi connectivity index (χ2n) is 1.74. The smallest absolute Gasteiger partial charge is 0.0814 e. The molecule has 0 radical (unpaired) electrons. The standard InChI is InChI=1S/C9H8.BH3/c1-2-6-9-7-4-3-5-8-9;/h3-5,7-8H,1H3;1H3. The van der Waals surface area contributed by atoms with Crippen molar-refractivity contribution in [1.82, 2.24) is 0 Å². The van der Waals surface area contributed by atoms with Gasteiger partial charge in [0.2, 0.25) is 0 Å². The lowest BCUT2D eigenvalue weighted by molar-refractivity contribution is 1.64. The molecule has 0 N–H and O–H groups in total. The van der Waals surface area contributed by atoms with Crippen LogP contribution in [0.5, 0.6) is 0 Å². The number of hydrogen-bond donors (Lipinski definition) is 0. The third kappa shape index (κ3) is 2.41. The third-order valence-corrected chi connectivity index (χ3v) is 1.04. The summed E-state index contributed by atoms with van der Waals surface area (Å²) in [7, 11) is 0. The first kappa shape index (κ1) is 8.84. The molecule has 50 valence electrons. The Morgan fingerprint density at radius 1 is 1.10 bits per heavy atom. The molecule has 10 heavy (non-hydrogen) atoms. The molecule has 0 fully saturated rings. The van der Waals surface area contributed by atoms with Gasteiger partial charge in [0.15, 0.2) is 0 Å². The van der Waals surface area contributed by atoms with Crippen molar-refractivity contribution in [2.24, 2.45) is 0 Å². The van der Waals surface area contributed by atoms with Crippen LogP contribution in [0, 0.1) is 11.8 Å². The fourth-order valence-electron chi connectivity index (χ4n) is 0.666. The molecule has 0 heterocycles. The highest BCUT2D eigenvalue weighted by atomic mass is 13.8. The molecule has 1 aromatic carbocycles. The minimum atomic E-state index is 0. The summed E-state index contributed by atoms with van der Waals surface area (Å²) < 4.78 is 0. The molecular weight excluding hydrogens is 119 g/mol. The monoisotopic (exact) mass is 130 g/mol. The van der Waals surface area contributed by atoms with Crippen LogP contribution in [0.25, 0.3) is 0 Å². The van der Waals surface area contributed by atoms with Gasteiger partial charge >= 0.3 is 0 Å². The molecule has 0 atom stereocenters. The molecule has 0 aliphatic carbocycles. The van der Waals surface area contributed by atoms with Crippen molar-refractivity contribution in [3.05, 3.63) is 35.9 Å². The Balaban J connectivity index is 0.000000810. The van der Waals surface area contributed by atoms with Crippen LogP contribution in [0.15, 0.2) is 30.3 Å². The SMILES string of the molecule is B.CC#Cc1ccccc1. The molecule has 0 amide bonds. The Labute approximate surface area is 63.8 Å². The predicted molar refractivity (Wildman–Crippen MR) is 48.9 cm³/mol. The van der Waals surface area contributed by atoms with Gasteiger partial charge in [-0.05, 0) is 19.1 Å². The molecule has 0 bridgehead atoms. The van der Waals surface area contributed by atoms with Gasteiger partial charge in [-0.15, -0.1) is 5.92 Å². The van der Waals surface area contributed by atoms with E-state index >= 15 is 0 Å². The van der Waals surface area contributed by atoms with Gasteiger partial charge in [0.1, 0.15) is 0 Å². The van der Waals surface area contributed by atoms with Crippen LogP contribution in [0.2, 0.25) is 0 Å². The van der Waals surface area contributed by atoms with E-state index in [0.29, 0.717) is 0 Å². The van der Waals surface area contributed by atoms with Crippen molar-refractivity contribution in [1.29, 1.82) is 0 Å². The van der Waals surface area contributed by atoms with Gasteiger partial charge in [-0.2, -0.15) is 0 Å². The van der Waals surface area contributed by atoms with Gasteiger partial charge in [0.05, 0.1) is 8.41 Å². The van der Waals surface area contributed by atoms with Crippen molar-refractivity contribution in [3.63, 3.8) is 0 Å². The topological polar surface area (TPSA) is 0 Å². The van der Waals surface area contributed by atoms with Crippen LogP contribution in [0.1, 0.15) is 12.5 Å². The van der Waals surface area contributed by atoms with Crippen LogP contribution in [-0.4, -0.2) is 8.41 Å². The minimum Gasteiger partial charge on any atom is -0.101 e. The summed E-state index contributed by atoms with van der Waals surface area (Å²) in [6.07, 6.45) is 0. The van der Waals surface area contributed by atoms with E-state index in [2.05, 4.69) is 11.8 Å². The molecule has 0 unspecified atom stereocenters. The summed E-state index contributed by atoms with van der Waals surface area (Å²) in [5.74, 6) is 5.79. The molecule has 0 nitrogen and oxygen atoms in total. The van der Waals surface area contributed by atoms with Gasteiger partial charge in [0.25, 0.3) is 0 Å². The minimum absolute atomic E-state index is 0. The maximum Gasteiger partial charge on any atom is 0.0814 e. The van der Waals surface area contributed by atoms with Gasteiger partial charge < -0.3 is 0 Å². The fourth-order valence-corrected chi connectivity index (χ4v) is 0.666. The Bertz CT molecular complexity index is 228. The summed E-state index contributed by atoms with van der Waals surface area (Å²) in [5.41, 5.74) is 1.08. The highest BCUT2D eigenvalue weighted by molar-refractivity contribution is 5.75. The summed E-state index contributed by atoms with van der Waals surface area (Å²) in [6.45, 7) is 1.84. The first-order chi connectivity index (χ1) is 4.43. The zero-order valence-corrected chi connectivity index (χ0v) is 5.39. The van der Waals surface area contributed by atoms with Crippen molar-refractivity contribution in [2.45, 2.75) is 6.92 Å². The lowest BCUT2D eigenvalue weighted by Gasteiger charge is -1.83. The van der Waals surface area contributed by atoms with Crippen LogP contribution >= 0.6 is 0 Å². The molecular formula is C9H11B. The van der Waals surface area contributed by atoms with Gasteiger partial charge in [-0.1, -0.05) is 24.1 Å². The van der Waals surface area contributed by atoms with E-state index in [4.69, 9.17) is 0 Å². The molecule has 0 saturated carbocycles. The van der Waals surface area contributed by atoms with Crippen LogP contribution in [0.3, 0.4) is 0 Å². The first-order valence-corrected chi connectivity index (χ1v) is 2.91. The van der Waals surface area contributed by atoms with E-state index in [1.54, 1.807) is 0 Å². The summed E-state index contributed by atoms with van der Waals surface area (Å²) >= 11 is 0. The second-order valence-corrected chi connectivity index (χ2v) is 1.74. The number of rotatable bonds is 0. The van der Waals surface area contributed by atoms with E-state index in [1.807, 2.05) is 37.3 Å². The lowest BCUT2D eigenvalue weighted by Crippen LogP contribution is -1.67. The Morgan fingerprint density at radius 2 is 1.70 bits per heavy atom. The van der Waals surface area contributed by atoms with Crippen molar-refractivity contribution in [2.75, 3.05) is 0 Å². The Hall–Kier alpha value is -1.16. The third-order valence-electron chi connectivity index (χ3n) is 1.04. The fraction of sp³-hybridized carbons (Fsp3) is 0.111. The average Bonchev–Trinajstić information content (AvgIpc) is 1.91. The summed E-state index contributed by atoms with van der Waals surface area (Å²) in [6, 6.07) is 9.95. The summed E-state index contributed by atoms with van der Waals surface area (Å²) in [5, 5.41) is 0. The van der Waals surface area contributed by atoms with E-state index < -0.39 is 0 Å². The molecule has 0 aromatic heterocycles. The Kier molecular flexibility index (Phi) is 4.16. The predicted octanol–water partition coefficient (Wildman–Crippen LogP) is 0.874. The number of hydrogen-bond acceptors (Lipinski definition) is 0. The number of benzene rings is 1. The van der Waals surface area contributed by atoms with Crippen molar-refractivity contribution in [3.8, 4) is 11.8 Å². The van der Waals surface area contributed by atoms with E-state index in [9.17, 15) is 0 Å². The molecule has 1 rings (SSSR count). The molecule has 0 spiro atoms. The maximum atomic E-state index is 2.96. The van der Waals surface area contributed by atoms with Crippen LogP contribution in [-0.2, 0) is 0 Å². The summed E-state index contributed by atoms with van der Waals surface area (Å²) in [4.78, 5) is 0. The molecule has 0 saturated heterocycles. The Morgan fingerprint density at radius 3 is 2.20 bits per heavy atom. The zero-order chi connectivity index (χ0) is 6.53. The van der Waals surface area contributed by atoms with Gasteiger partial charge in [-0.25, -0.2) is 0 Å². The van der Waals surface area contributed by atoms with Gasteiger partial charge in [0, 0.05) is 5.56 Å². The lowest BCUT2D eigenvalue weighted by atomic mass is 10.2. The average molecular weight is 130 g/mol. The van der Waals surface area contributed by atoms with Crippen LogP contribution in [0.4, 0.5) is 0 Å². The molecule has 1 aromatic rings. The highest BCUT2D eigenvalue weighted by Crippen LogP contribution is 1.93.